The smallest absolute Gasteiger partial charge is 0.178 e. The van der Waals surface area contributed by atoms with E-state index in [-0.39, 0.29) is 5.56 Å². The predicted octanol–water partition coefficient (Wildman–Crippen LogP) is 2.21. The van der Waals surface area contributed by atoms with Crippen molar-refractivity contribution in [3.05, 3.63) is 47.8 Å². The topological polar surface area (TPSA) is 51.2 Å². The van der Waals surface area contributed by atoms with Gasteiger partial charge in [-0.2, -0.15) is 0 Å². The zero-order chi connectivity index (χ0) is 13.3. The van der Waals surface area contributed by atoms with Gasteiger partial charge in [-0.15, -0.1) is 0 Å². The molecule has 0 aromatic heterocycles. The first-order valence-electron chi connectivity index (χ1n) is 5.26. The van der Waals surface area contributed by atoms with Crippen molar-refractivity contribution in [3.8, 4) is 0 Å². The van der Waals surface area contributed by atoms with Crippen LogP contribution < -0.4 is 0 Å². The van der Waals surface area contributed by atoms with Gasteiger partial charge in [-0.3, -0.25) is 4.79 Å². The van der Waals surface area contributed by atoms with E-state index < -0.39 is 27.2 Å². The number of Topliss-reactive ketones (excluding diaryl/α,β-unsaturated/α-hetero) is 1. The van der Waals surface area contributed by atoms with E-state index in [4.69, 9.17) is 0 Å². The molecule has 0 amide bonds. The third-order valence-corrected chi connectivity index (χ3v) is 3.35. The number of hydrogen-bond acceptors (Lipinski definition) is 3. The van der Waals surface area contributed by atoms with Crippen LogP contribution in [0.2, 0.25) is 0 Å². The van der Waals surface area contributed by atoms with Gasteiger partial charge in [-0.25, -0.2) is 12.8 Å². The van der Waals surface area contributed by atoms with Crippen molar-refractivity contribution < 1.29 is 17.6 Å². The molecule has 2 aromatic rings. The molecular weight excluding hydrogens is 255 g/mol. The molecule has 18 heavy (non-hydrogen) atoms. The molecule has 0 N–H and O–H groups in total. The molecule has 94 valence electrons. The number of benzene rings is 2. The number of fused-ring (bicyclic) bond motifs is 1. The summed E-state index contributed by atoms with van der Waals surface area (Å²) in [6.07, 6.45) is 0.997. The first-order chi connectivity index (χ1) is 8.38. The van der Waals surface area contributed by atoms with E-state index in [1.807, 2.05) is 0 Å². The summed E-state index contributed by atoms with van der Waals surface area (Å²) < 4.78 is 35.8. The molecule has 0 saturated carbocycles. The third kappa shape index (κ3) is 2.56. The van der Waals surface area contributed by atoms with Gasteiger partial charge in [0, 0.05) is 17.2 Å². The van der Waals surface area contributed by atoms with E-state index in [1.165, 1.54) is 12.1 Å². The molecule has 0 bridgehead atoms. The fourth-order valence-corrected chi connectivity index (χ4v) is 2.45. The number of hydrogen-bond donors (Lipinski definition) is 0. The molecule has 0 saturated heterocycles. The molecule has 0 spiro atoms. The lowest BCUT2D eigenvalue weighted by molar-refractivity contribution is 0.102. The van der Waals surface area contributed by atoms with Crippen molar-refractivity contribution in [2.45, 2.75) is 0 Å². The molecule has 0 aliphatic carbocycles. The second-order valence-corrected chi connectivity index (χ2v) is 6.27. The van der Waals surface area contributed by atoms with E-state index in [2.05, 4.69) is 0 Å². The van der Waals surface area contributed by atoms with Crippen LogP contribution in [0.15, 0.2) is 36.4 Å². The highest BCUT2D eigenvalue weighted by Gasteiger charge is 2.16. The molecule has 0 atom stereocenters. The summed E-state index contributed by atoms with van der Waals surface area (Å²) in [5.74, 6) is -1.52. The van der Waals surface area contributed by atoms with Crippen molar-refractivity contribution in [3.63, 3.8) is 0 Å². The zero-order valence-corrected chi connectivity index (χ0v) is 10.5. The lowest BCUT2D eigenvalue weighted by atomic mass is 10.0. The first-order valence-corrected chi connectivity index (χ1v) is 7.33. The molecule has 0 fully saturated rings. The zero-order valence-electron chi connectivity index (χ0n) is 9.68. The lowest BCUT2D eigenvalue weighted by Gasteiger charge is -2.06. The average molecular weight is 266 g/mol. The molecule has 3 nitrogen and oxygen atoms in total. The molecule has 2 aromatic carbocycles. The standard InChI is InChI=1S/C13H11FO3S/c1-18(16,17)8-13(15)11-6-7-12(14)10-5-3-2-4-9(10)11/h2-7H,8H2,1H3. The fraction of sp³-hybridized carbons (Fsp3) is 0.154. The van der Waals surface area contributed by atoms with E-state index >= 15 is 0 Å². The Labute approximate surface area is 104 Å². The normalized spacial score (nSPS) is 11.7. The summed E-state index contributed by atoms with van der Waals surface area (Å²) in [5, 5.41) is 0.753. The number of carbonyl (C=O) groups is 1. The summed E-state index contributed by atoms with van der Waals surface area (Å²) in [5.41, 5.74) is 0.234. The van der Waals surface area contributed by atoms with Crippen LogP contribution >= 0.6 is 0 Å². The SMILES string of the molecule is CS(=O)(=O)CC(=O)c1ccc(F)c2ccccc12. The predicted molar refractivity (Wildman–Crippen MR) is 67.9 cm³/mol. The summed E-state index contributed by atoms with van der Waals surface area (Å²) >= 11 is 0. The molecule has 2 rings (SSSR count). The summed E-state index contributed by atoms with van der Waals surface area (Å²) in [7, 11) is -3.39. The summed E-state index contributed by atoms with van der Waals surface area (Å²) in [6.45, 7) is 0. The van der Waals surface area contributed by atoms with Crippen molar-refractivity contribution >= 4 is 26.4 Å². The molecule has 5 heteroatoms. The minimum atomic E-state index is -3.39. The third-order valence-electron chi connectivity index (χ3n) is 2.56. The summed E-state index contributed by atoms with van der Waals surface area (Å²) in [4.78, 5) is 11.9. The van der Waals surface area contributed by atoms with Crippen LogP contribution in [0.3, 0.4) is 0 Å². The number of carbonyl (C=O) groups excluding carboxylic acids is 1. The van der Waals surface area contributed by atoms with Gasteiger partial charge in [0.25, 0.3) is 0 Å². The van der Waals surface area contributed by atoms with Crippen LogP contribution in [0.4, 0.5) is 4.39 Å². The largest absolute Gasteiger partial charge is 0.293 e. The Morgan fingerprint density at radius 3 is 2.33 bits per heavy atom. The second-order valence-electron chi connectivity index (χ2n) is 4.13. The molecule has 0 aliphatic rings. The van der Waals surface area contributed by atoms with E-state index in [9.17, 15) is 17.6 Å². The van der Waals surface area contributed by atoms with Gasteiger partial charge in [0.2, 0.25) is 0 Å². The highest BCUT2D eigenvalue weighted by atomic mass is 32.2. The number of sulfone groups is 1. The maximum Gasteiger partial charge on any atom is 0.178 e. The van der Waals surface area contributed by atoms with Crippen molar-refractivity contribution in [1.29, 1.82) is 0 Å². The fourth-order valence-electron chi connectivity index (χ4n) is 1.82. The van der Waals surface area contributed by atoms with Gasteiger partial charge in [-0.05, 0) is 17.5 Å². The Morgan fingerprint density at radius 1 is 1.11 bits per heavy atom. The van der Waals surface area contributed by atoms with Gasteiger partial charge in [0.1, 0.15) is 11.6 Å². The maximum atomic E-state index is 13.5. The molecule has 0 heterocycles. The van der Waals surface area contributed by atoms with Crippen LogP contribution in [-0.4, -0.2) is 26.2 Å². The van der Waals surface area contributed by atoms with Gasteiger partial charge < -0.3 is 0 Å². The Kier molecular flexibility index (Phi) is 3.17. The maximum absolute atomic E-state index is 13.5. The number of ketones is 1. The quantitative estimate of drug-likeness (QED) is 0.800. The molecule has 0 radical (unpaired) electrons. The van der Waals surface area contributed by atoms with Crippen molar-refractivity contribution in [1.82, 2.24) is 0 Å². The van der Waals surface area contributed by atoms with Gasteiger partial charge in [-0.1, -0.05) is 24.3 Å². The van der Waals surface area contributed by atoms with Crippen LogP contribution in [-0.2, 0) is 9.84 Å². The number of rotatable bonds is 3. The van der Waals surface area contributed by atoms with Crippen LogP contribution in [0.5, 0.6) is 0 Å². The Bertz CT molecular complexity index is 720. The molecular formula is C13H11FO3S. The monoisotopic (exact) mass is 266 g/mol. The second kappa shape index (κ2) is 4.49. The lowest BCUT2D eigenvalue weighted by Crippen LogP contribution is -2.15. The number of halogens is 1. The van der Waals surface area contributed by atoms with Crippen LogP contribution in [0.25, 0.3) is 10.8 Å². The summed E-state index contributed by atoms with van der Waals surface area (Å²) in [6, 6.07) is 9.01. The van der Waals surface area contributed by atoms with Gasteiger partial charge in [0.05, 0.1) is 0 Å². The average Bonchev–Trinajstić information content (AvgIpc) is 2.27. The van der Waals surface area contributed by atoms with Crippen LogP contribution in [0.1, 0.15) is 10.4 Å². The van der Waals surface area contributed by atoms with E-state index in [1.54, 1.807) is 24.3 Å². The molecule has 0 aliphatic heterocycles. The highest BCUT2D eigenvalue weighted by molar-refractivity contribution is 7.91. The Hall–Kier alpha value is -1.75. The Balaban J connectivity index is 2.59. The minimum absolute atomic E-state index is 0.234. The van der Waals surface area contributed by atoms with E-state index in [0.717, 1.165) is 6.26 Å². The molecule has 0 unspecified atom stereocenters. The van der Waals surface area contributed by atoms with E-state index in [0.29, 0.717) is 10.8 Å². The Morgan fingerprint density at radius 2 is 1.72 bits per heavy atom. The van der Waals surface area contributed by atoms with Crippen molar-refractivity contribution in [2.24, 2.45) is 0 Å². The van der Waals surface area contributed by atoms with Crippen LogP contribution in [0, 0.1) is 5.82 Å². The minimum Gasteiger partial charge on any atom is -0.293 e. The first kappa shape index (κ1) is 12.7. The van der Waals surface area contributed by atoms with Gasteiger partial charge >= 0.3 is 0 Å². The van der Waals surface area contributed by atoms with Crippen molar-refractivity contribution in [2.75, 3.05) is 12.0 Å². The van der Waals surface area contributed by atoms with Gasteiger partial charge in [0.15, 0.2) is 15.6 Å². The highest BCUT2D eigenvalue weighted by Crippen LogP contribution is 2.22.